The zero-order chi connectivity index (χ0) is 20.0. The summed E-state index contributed by atoms with van der Waals surface area (Å²) in [5, 5.41) is 19.8. The molecule has 0 aliphatic heterocycles. The quantitative estimate of drug-likeness (QED) is 0.354. The number of para-hydroxylation sites is 1. The molecule has 1 aromatic carbocycles. The number of benzene rings is 1. The number of hydrogen-bond donors (Lipinski definition) is 2. The third-order valence-corrected chi connectivity index (χ3v) is 6.55. The Balaban J connectivity index is 1.36. The molecular formula is C23H32O5. The number of ether oxygens (including phenoxy) is 1. The molecule has 2 fully saturated rings. The zero-order valence-electron chi connectivity index (χ0n) is 16.6. The van der Waals surface area contributed by atoms with Crippen molar-refractivity contribution in [3.63, 3.8) is 0 Å². The first-order valence-electron chi connectivity index (χ1n) is 10.6. The minimum atomic E-state index is -0.636. The molecule has 3 rings (SSSR count). The summed E-state index contributed by atoms with van der Waals surface area (Å²) in [4.78, 5) is 21.7. The molecule has 2 N–H and O–H groups in total. The Morgan fingerprint density at radius 2 is 1.57 bits per heavy atom. The van der Waals surface area contributed by atoms with Gasteiger partial charge in [0.2, 0.25) is 0 Å². The van der Waals surface area contributed by atoms with Gasteiger partial charge in [0, 0.05) is 0 Å². The van der Waals surface area contributed by atoms with Gasteiger partial charge in [-0.25, -0.2) is 0 Å². The van der Waals surface area contributed by atoms with E-state index in [-0.39, 0.29) is 5.60 Å². The van der Waals surface area contributed by atoms with Crippen molar-refractivity contribution in [2.75, 3.05) is 0 Å². The van der Waals surface area contributed by atoms with Gasteiger partial charge in [-0.2, -0.15) is 0 Å². The summed E-state index contributed by atoms with van der Waals surface area (Å²) < 4.78 is 5.18. The van der Waals surface area contributed by atoms with Crippen LogP contribution in [0.5, 0.6) is 5.75 Å². The van der Waals surface area contributed by atoms with Crippen LogP contribution in [-0.4, -0.2) is 28.3 Å². The highest BCUT2D eigenvalue weighted by Crippen LogP contribution is 2.50. The summed E-state index contributed by atoms with van der Waals surface area (Å²) in [7, 11) is 0. The molecule has 2 aliphatic rings. The van der Waals surface area contributed by atoms with Gasteiger partial charge in [-0.1, -0.05) is 31.0 Å². The molecule has 0 bridgehead atoms. The lowest BCUT2D eigenvalue weighted by Crippen LogP contribution is -2.14. The second-order valence-corrected chi connectivity index (χ2v) is 8.68. The number of aliphatic carboxylic acids is 1. The maximum atomic E-state index is 11.2. The lowest BCUT2D eigenvalue weighted by atomic mass is 9.96. The van der Waals surface area contributed by atoms with Gasteiger partial charge in [-0.3, -0.25) is 9.59 Å². The van der Waals surface area contributed by atoms with Crippen molar-refractivity contribution in [1.82, 2.24) is 0 Å². The Morgan fingerprint density at radius 3 is 2.11 bits per heavy atom. The molecule has 154 valence electrons. The summed E-state index contributed by atoms with van der Waals surface area (Å²) in [5.74, 6) is -0.222. The van der Waals surface area contributed by atoms with Crippen LogP contribution in [0.2, 0.25) is 0 Å². The number of hydrogen-bond acceptors (Lipinski definition) is 4. The molecule has 0 heterocycles. The largest absolute Gasteiger partial charge is 0.507 e. The van der Waals surface area contributed by atoms with E-state index >= 15 is 0 Å². The lowest BCUT2D eigenvalue weighted by Gasteiger charge is -2.13. The fourth-order valence-electron chi connectivity index (χ4n) is 4.16. The molecule has 0 radical (unpaired) electrons. The van der Waals surface area contributed by atoms with Crippen molar-refractivity contribution in [2.24, 2.45) is 5.41 Å². The summed E-state index contributed by atoms with van der Waals surface area (Å²) in [5.41, 5.74) is 1.37. The number of aromatic hydroxyl groups is 1. The normalized spacial score (nSPS) is 18.4. The fraction of sp³-hybridized carbons (Fsp3) is 0.652. The topological polar surface area (TPSA) is 83.8 Å². The van der Waals surface area contributed by atoms with Crippen molar-refractivity contribution in [1.29, 1.82) is 0 Å². The Kier molecular flexibility index (Phi) is 6.63. The van der Waals surface area contributed by atoms with Crippen LogP contribution in [0.1, 0.15) is 81.8 Å². The second kappa shape index (κ2) is 8.97. The Labute approximate surface area is 167 Å². The number of rotatable bonds is 14. The van der Waals surface area contributed by atoms with Gasteiger partial charge in [0.1, 0.15) is 11.4 Å². The smallest absolute Gasteiger partial charge is 0.309 e. The molecule has 0 amide bonds. The van der Waals surface area contributed by atoms with Gasteiger partial charge in [-0.15, -0.1) is 0 Å². The predicted molar refractivity (Wildman–Crippen MR) is 106 cm³/mol. The molecule has 2 aliphatic carbocycles. The van der Waals surface area contributed by atoms with Crippen molar-refractivity contribution >= 4 is 12.4 Å². The minimum absolute atomic E-state index is 0.189. The van der Waals surface area contributed by atoms with Crippen LogP contribution in [0.4, 0.5) is 0 Å². The van der Waals surface area contributed by atoms with Crippen LogP contribution in [0, 0.1) is 5.41 Å². The molecule has 0 saturated heterocycles. The minimum Gasteiger partial charge on any atom is -0.507 e. The average Bonchev–Trinajstić information content (AvgIpc) is 3.58. The zero-order valence-corrected chi connectivity index (χ0v) is 16.6. The molecule has 2 saturated carbocycles. The van der Waals surface area contributed by atoms with Crippen molar-refractivity contribution in [3.8, 4) is 5.75 Å². The Bertz CT molecular complexity index is 688. The molecule has 0 unspecified atom stereocenters. The highest BCUT2D eigenvalue weighted by molar-refractivity contribution is 5.77. The van der Waals surface area contributed by atoms with Crippen LogP contribution in [0.3, 0.4) is 0 Å². The van der Waals surface area contributed by atoms with E-state index in [0.29, 0.717) is 12.2 Å². The van der Waals surface area contributed by atoms with Gasteiger partial charge >= 0.3 is 5.97 Å². The van der Waals surface area contributed by atoms with Crippen molar-refractivity contribution in [3.05, 3.63) is 29.3 Å². The molecular weight excluding hydrogens is 356 g/mol. The summed E-state index contributed by atoms with van der Waals surface area (Å²) in [6.45, 7) is 0.564. The van der Waals surface area contributed by atoms with E-state index in [1.54, 1.807) is 0 Å². The third-order valence-electron chi connectivity index (χ3n) is 6.55. The van der Waals surface area contributed by atoms with Gasteiger partial charge in [-0.05, 0) is 81.8 Å². The summed E-state index contributed by atoms with van der Waals surface area (Å²) in [6, 6.07) is 5.97. The number of carbonyl (C=O) groups excluding carboxylic acids is 1. The Morgan fingerprint density at radius 1 is 0.964 bits per heavy atom. The van der Waals surface area contributed by atoms with Crippen molar-refractivity contribution in [2.45, 2.75) is 89.1 Å². The first kappa shape index (κ1) is 20.7. The standard InChI is InChI=1S/C23H32O5/c24-17-28-23(15-16-23)12-5-3-8-19-10-6-9-18(20(19)25)7-2-1-4-11-22(13-14-22)21(26)27/h6,9-10,17,25H,1-5,7-8,11-16H2,(H,26,27). The van der Waals surface area contributed by atoms with E-state index in [0.717, 1.165) is 94.6 Å². The molecule has 1 aromatic rings. The maximum Gasteiger partial charge on any atom is 0.309 e. The molecule has 5 nitrogen and oxygen atoms in total. The first-order valence-corrected chi connectivity index (χ1v) is 10.6. The highest BCUT2D eigenvalue weighted by Gasteiger charge is 2.49. The van der Waals surface area contributed by atoms with E-state index in [1.807, 2.05) is 18.2 Å². The number of carboxylic acid groups (broad SMARTS) is 1. The van der Waals surface area contributed by atoms with Crippen LogP contribution in [-0.2, 0) is 27.2 Å². The SMILES string of the molecule is O=COC1(CCCCc2cccc(CCCCCC3(C(=O)O)CC3)c2O)CC1. The van der Waals surface area contributed by atoms with Crippen LogP contribution in [0.15, 0.2) is 18.2 Å². The monoisotopic (exact) mass is 388 g/mol. The van der Waals surface area contributed by atoms with Gasteiger partial charge in [0.15, 0.2) is 0 Å². The molecule has 28 heavy (non-hydrogen) atoms. The van der Waals surface area contributed by atoms with E-state index in [4.69, 9.17) is 4.74 Å². The number of unbranched alkanes of at least 4 members (excludes halogenated alkanes) is 3. The van der Waals surface area contributed by atoms with Crippen LogP contribution in [0.25, 0.3) is 0 Å². The van der Waals surface area contributed by atoms with E-state index in [9.17, 15) is 19.8 Å². The average molecular weight is 389 g/mol. The van der Waals surface area contributed by atoms with Crippen LogP contribution >= 0.6 is 0 Å². The summed E-state index contributed by atoms with van der Waals surface area (Å²) in [6.07, 6.45) is 11.8. The lowest BCUT2D eigenvalue weighted by molar-refractivity contribution is -0.143. The number of carboxylic acids is 1. The number of carbonyl (C=O) groups is 2. The van der Waals surface area contributed by atoms with Gasteiger partial charge < -0.3 is 14.9 Å². The number of aryl methyl sites for hydroxylation is 2. The van der Waals surface area contributed by atoms with E-state index < -0.39 is 11.4 Å². The highest BCUT2D eigenvalue weighted by atomic mass is 16.5. The van der Waals surface area contributed by atoms with Crippen molar-refractivity contribution < 1.29 is 24.5 Å². The number of phenolic OH excluding ortho intramolecular Hbond substituents is 1. The van der Waals surface area contributed by atoms with Gasteiger partial charge in [0.05, 0.1) is 5.41 Å². The molecule has 0 atom stereocenters. The number of phenols is 1. The second-order valence-electron chi connectivity index (χ2n) is 8.68. The molecule has 5 heteroatoms. The maximum absolute atomic E-state index is 11.2. The third kappa shape index (κ3) is 5.27. The van der Waals surface area contributed by atoms with E-state index in [1.165, 1.54) is 0 Å². The van der Waals surface area contributed by atoms with E-state index in [2.05, 4.69) is 0 Å². The molecule has 0 spiro atoms. The van der Waals surface area contributed by atoms with Gasteiger partial charge in [0.25, 0.3) is 6.47 Å². The summed E-state index contributed by atoms with van der Waals surface area (Å²) >= 11 is 0. The fourth-order valence-corrected chi connectivity index (χ4v) is 4.16. The first-order chi connectivity index (χ1) is 13.5. The van der Waals surface area contributed by atoms with Crippen LogP contribution < -0.4 is 0 Å². The predicted octanol–water partition coefficient (Wildman–Crippen LogP) is 4.78. The Hall–Kier alpha value is -2.04. The molecule has 0 aromatic heterocycles.